The van der Waals surface area contributed by atoms with Gasteiger partial charge in [0.15, 0.2) is 0 Å². The number of carbonyl (C=O) groups excluding carboxylic acids is 3. The number of rotatable bonds is 12. The zero-order valence-electron chi connectivity index (χ0n) is 31.9. The molecule has 6 unspecified atom stereocenters. The van der Waals surface area contributed by atoms with Gasteiger partial charge in [0, 0.05) is 41.2 Å². The zero-order valence-corrected chi connectivity index (χ0v) is 31.9. The number of para-hydroxylation sites is 1. The van der Waals surface area contributed by atoms with E-state index in [1.165, 1.54) is 37.9 Å². The first-order chi connectivity index (χ1) is 28.3. The maximum atomic E-state index is 15.6. The van der Waals surface area contributed by atoms with Gasteiger partial charge in [-0.05, 0) is 104 Å². The molecular weight excluding hydrogens is 775 g/mol. The molecule has 7 atom stereocenters. The summed E-state index contributed by atoms with van der Waals surface area (Å²) < 4.78 is 87.5. The molecule has 1 heterocycles. The molecule has 4 aromatic carbocycles. The van der Waals surface area contributed by atoms with Gasteiger partial charge >= 0.3 is 12.3 Å². The maximum Gasteiger partial charge on any atom is 0.419 e. The molecule has 0 spiro atoms. The van der Waals surface area contributed by atoms with Crippen LogP contribution >= 0.6 is 0 Å². The Balaban J connectivity index is 1.03. The minimum atomic E-state index is -4.93. The molecule has 1 saturated heterocycles. The summed E-state index contributed by atoms with van der Waals surface area (Å²) in [5.41, 5.74) is 1.34. The van der Waals surface area contributed by atoms with Gasteiger partial charge in [0.1, 0.15) is 29.7 Å². The summed E-state index contributed by atoms with van der Waals surface area (Å²) in [4.78, 5) is 39.7. The second-order valence-corrected chi connectivity index (χ2v) is 15.3. The van der Waals surface area contributed by atoms with Crippen LogP contribution in [0.5, 0.6) is 5.75 Å². The summed E-state index contributed by atoms with van der Waals surface area (Å²) in [6.07, 6.45) is -2.47. The number of amides is 3. The first kappa shape index (κ1) is 40.0. The summed E-state index contributed by atoms with van der Waals surface area (Å²) in [5.74, 6) is -3.02. The lowest BCUT2D eigenvalue weighted by atomic mass is 9.83. The van der Waals surface area contributed by atoms with Crippen LogP contribution in [0.25, 0.3) is 11.1 Å². The van der Waals surface area contributed by atoms with Gasteiger partial charge in [-0.15, -0.1) is 0 Å². The molecular formula is C44H41F5N4O6. The van der Waals surface area contributed by atoms with E-state index >= 15 is 4.39 Å². The minimum absolute atomic E-state index is 0.00419. The topological polar surface area (TPSA) is 130 Å². The van der Waals surface area contributed by atoms with Crippen molar-refractivity contribution < 1.29 is 50.5 Å². The van der Waals surface area contributed by atoms with Crippen LogP contribution in [0.3, 0.4) is 0 Å². The lowest BCUT2D eigenvalue weighted by Gasteiger charge is -2.30. The van der Waals surface area contributed by atoms with Crippen molar-refractivity contribution in [3.8, 4) is 16.9 Å². The van der Waals surface area contributed by atoms with Crippen LogP contribution in [0.4, 0.5) is 38.1 Å². The molecule has 2 bridgehead atoms. The molecule has 3 amide bonds. The molecule has 0 radical (unpaired) electrons. The standard InChI is InChI=1S/C44H41F5N4O6/c1-50-41(55)38(59-43(56)52-25-6-4-3-5-7-25)24-10-15-33(45)29(20-24)23-11-17-35(57-2)31(19-23)39-42(58-39)53-37-28-14-13-27(30(28)18-22-8-9-22)36(37)40(54)51-26-12-16-34(46)32(21-26)44(47,48)49/h3-7,10-12,15-22,27-28,36-39,42,53H,8-9,13-14H2,1-2H3,(H,50,55)(H,51,54)(H,52,56)/t27?,28?,36-,37?,38?,39?,42?/m0/s1. The van der Waals surface area contributed by atoms with Crippen LogP contribution in [0.2, 0.25) is 0 Å². The van der Waals surface area contributed by atoms with Crippen LogP contribution < -0.4 is 26.0 Å². The summed E-state index contributed by atoms with van der Waals surface area (Å²) in [7, 11) is 2.88. The van der Waals surface area contributed by atoms with Gasteiger partial charge in [-0.25, -0.2) is 13.6 Å². The molecule has 1 aliphatic heterocycles. The average Bonchev–Trinajstić information content (AvgIpc) is 4.14. The van der Waals surface area contributed by atoms with E-state index in [4.69, 9.17) is 14.2 Å². The number of carbonyl (C=O) groups is 3. The van der Waals surface area contributed by atoms with Crippen LogP contribution in [0.1, 0.15) is 54.6 Å². The van der Waals surface area contributed by atoms with Crippen LogP contribution in [-0.2, 0) is 25.2 Å². The second kappa shape index (κ2) is 16.1. The third kappa shape index (κ3) is 8.39. The Labute approximate surface area is 336 Å². The summed E-state index contributed by atoms with van der Waals surface area (Å²) in [6.45, 7) is 0. The first-order valence-electron chi connectivity index (χ1n) is 19.4. The van der Waals surface area contributed by atoms with Crippen molar-refractivity contribution in [1.29, 1.82) is 0 Å². The van der Waals surface area contributed by atoms with Crippen molar-refractivity contribution in [3.63, 3.8) is 0 Å². The van der Waals surface area contributed by atoms with Crippen molar-refractivity contribution in [2.24, 2.45) is 23.7 Å². The van der Waals surface area contributed by atoms with E-state index in [0.29, 0.717) is 40.6 Å². The number of hydrogen-bond acceptors (Lipinski definition) is 7. The van der Waals surface area contributed by atoms with E-state index in [1.54, 1.807) is 48.5 Å². The lowest BCUT2D eigenvalue weighted by Crippen LogP contribution is -2.47. The van der Waals surface area contributed by atoms with Crippen LogP contribution in [0, 0.1) is 35.3 Å². The molecule has 3 saturated carbocycles. The van der Waals surface area contributed by atoms with Gasteiger partial charge in [0.2, 0.25) is 12.0 Å². The number of allylic oxidation sites excluding steroid dienone is 1. The predicted molar refractivity (Wildman–Crippen MR) is 207 cm³/mol. The van der Waals surface area contributed by atoms with Crippen molar-refractivity contribution in [1.82, 2.24) is 10.6 Å². The number of alkyl halides is 3. The van der Waals surface area contributed by atoms with Gasteiger partial charge in [-0.2, -0.15) is 13.2 Å². The molecule has 308 valence electrons. The smallest absolute Gasteiger partial charge is 0.419 e. The molecule has 4 aromatic rings. The average molecular weight is 817 g/mol. The summed E-state index contributed by atoms with van der Waals surface area (Å²) in [6, 6.07) is 19.5. The number of nitrogens with one attached hydrogen (secondary N) is 4. The number of anilines is 2. The fraction of sp³-hybridized carbons (Fsp3) is 0.341. The van der Waals surface area contributed by atoms with E-state index in [0.717, 1.165) is 31.7 Å². The van der Waals surface area contributed by atoms with Gasteiger partial charge in [-0.1, -0.05) is 42.0 Å². The minimum Gasteiger partial charge on any atom is -0.496 e. The van der Waals surface area contributed by atoms with E-state index in [2.05, 4.69) is 27.3 Å². The van der Waals surface area contributed by atoms with Crippen LogP contribution in [-0.4, -0.2) is 44.3 Å². The highest BCUT2D eigenvalue weighted by Gasteiger charge is 2.57. The van der Waals surface area contributed by atoms with E-state index in [1.807, 2.05) is 0 Å². The Morgan fingerprint density at radius 1 is 0.847 bits per heavy atom. The van der Waals surface area contributed by atoms with Gasteiger partial charge in [0.25, 0.3) is 5.91 Å². The number of fused-ring (bicyclic) bond motifs is 2. The Hall–Kier alpha value is -5.80. The molecule has 4 fully saturated rings. The number of methoxy groups -OCH3 is 1. The molecule has 59 heavy (non-hydrogen) atoms. The zero-order chi connectivity index (χ0) is 41.6. The summed E-state index contributed by atoms with van der Waals surface area (Å²) in [5, 5.41) is 11.2. The monoisotopic (exact) mass is 816 g/mol. The van der Waals surface area contributed by atoms with Gasteiger partial charge in [-0.3, -0.25) is 20.2 Å². The molecule has 10 nitrogen and oxygen atoms in total. The Morgan fingerprint density at radius 2 is 1.59 bits per heavy atom. The molecule has 0 aromatic heterocycles. The molecule has 4 aliphatic rings. The molecule has 4 N–H and O–H groups in total. The lowest BCUT2D eigenvalue weighted by molar-refractivity contribution is -0.140. The second-order valence-electron chi connectivity index (χ2n) is 15.3. The Morgan fingerprint density at radius 3 is 2.31 bits per heavy atom. The summed E-state index contributed by atoms with van der Waals surface area (Å²) >= 11 is 0. The quantitative estimate of drug-likeness (QED) is 0.0640. The Bertz CT molecular complexity index is 2300. The fourth-order valence-electron chi connectivity index (χ4n) is 8.53. The third-order valence-electron chi connectivity index (χ3n) is 11.5. The number of halogens is 5. The van der Waals surface area contributed by atoms with Crippen molar-refractivity contribution >= 4 is 29.3 Å². The predicted octanol–water partition coefficient (Wildman–Crippen LogP) is 8.68. The number of ether oxygens (including phenoxy) is 3. The number of epoxide rings is 1. The molecule has 15 heteroatoms. The maximum absolute atomic E-state index is 15.6. The number of likely N-dealkylation sites (N-methyl/N-ethyl adjacent to an activating group) is 1. The largest absolute Gasteiger partial charge is 0.496 e. The SMILES string of the molecule is CNC(=O)C(OC(=O)Nc1ccccc1)c1ccc(F)c(-c2ccc(OC)c(C3OC3NC3C4CCC(C4=CC4CC4)[C@@H]3C(=O)Nc3ccc(F)c(C(F)(F)F)c3)c2)c1. The van der Waals surface area contributed by atoms with Crippen molar-refractivity contribution in [3.05, 3.63) is 125 Å². The van der Waals surface area contributed by atoms with Crippen molar-refractivity contribution in [2.45, 2.75) is 56.3 Å². The van der Waals surface area contributed by atoms with E-state index < -0.39 is 71.7 Å². The highest BCUT2D eigenvalue weighted by atomic mass is 19.4. The fourth-order valence-corrected chi connectivity index (χ4v) is 8.53. The Kier molecular flexibility index (Phi) is 10.9. The number of benzene rings is 4. The van der Waals surface area contributed by atoms with Gasteiger partial charge < -0.3 is 24.8 Å². The van der Waals surface area contributed by atoms with Crippen LogP contribution in [0.15, 0.2) is 96.6 Å². The highest BCUT2D eigenvalue weighted by molar-refractivity contribution is 5.94. The number of hydrogen-bond donors (Lipinski definition) is 4. The third-order valence-corrected chi connectivity index (χ3v) is 11.5. The van der Waals surface area contributed by atoms with E-state index in [9.17, 15) is 31.9 Å². The van der Waals surface area contributed by atoms with Crippen molar-refractivity contribution in [2.75, 3.05) is 24.8 Å². The van der Waals surface area contributed by atoms with Gasteiger partial charge in [0.05, 0.1) is 18.6 Å². The van der Waals surface area contributed by atoms with E-state index in [-0.39, 0.29) is 28.7 Å². The normalized spacial score (nSPS) is 24.4. The highest BCUT2D eigenvalue weighted by Crippen LogP contribution is 2.56. The molecule has 8 rings (SSSR count). The molecule has 3 aliphatic carbocycles. The first-order valence-corrected chi connectivity index (χ1v) is 19.4.